The number of nitrogens with zero attached hydrogens (tertiary/aromatic N) is 4. The highest BCUT2D eigenvalue weighted by Gasteiger charge is 2.35. The maximum absolute atomic E-state index is 6.90. The fraction of sp³-hybridized carbons (Fsp3) is 0.435. The summed E-state index contributed by atoms with van der Waals surface area (Å²) < 4.78 is 13.5. The van der Waals surface area contributed by atoms with E-state index in [1.54, 1.807) is 0 Å². The standard InChI is InChI=1S/C46H58N4O2/c1-30(2)47-38-19-12-14-21-40(38)50(41-22-15-13-20-39(41)47)34(9)27-28-51-44-23-16-24-45(52-33(7)8)46(44)35-25-26-42-43(29-35)49(32(5)6)37-18-11-10-17-36(37)48(42)31(3)4/h10,12-15,17,19-22,24-26,29-34H,11,16,18,23,27-28H2,1-9H3. The molecule has 0 bridgehead atoms. The Labute approximate surface area is 312 Å². The molecule has 0 saturated carbocycles. The molecular formula is C46H58N4O2. The van der Waals surface area contributed by atoms with Gasteiger partial charge in [0, 0.05) is 42.7 Å². The number of benzene rings is 3. The van der Waals surface area contributed by atoms with Gasteiger partial charge in [0.2, 0.25) is 0 Å². The van der Waals surface area contributed by atoms with Gasteiger partial charge >= 0.3 is 0 Å². The molecule has 0 fully saturated rings. The second kappa shape index (κ2) is 14.8. The number of fused-ring (bicyclic) bond motifs is 3. The van der Waals surface area contributed by atoms with Gasteiger partial charge in [0.15, 0.2) is 0 Å². The van der Waals surface area contributed by atoms with Crippen molar-refractivity contribution in [2.75, 3.05) is 26.2 Å². The number of para-hydroxylation sites is 4. The molecule has 2 heterocycles. The molecular weight excluding hydrogens is 641 g/mol. The fourth-order valence-corrected chi connectivity index (χ4v) is 8.62. The van der Waals surface area contributed by atoms with Crippen molar-refractivity contribution in [3.63, 3.8) is 0 Å². The van der Waals surface area contributed by atoms with Crippen LogP contribution in [0, 0.1) is 0 Å². The van der Waals surface area contributed by atoms with Crippen LogP contribution in [0.15, 0.2) is 108 Å². The molecule has 6 nitrogen and oxygen atoms in total. The Hall–Kier alpha value is -4.58. The second-order valence-corrected chi connectivity index (χ2v) is 15.8. The molecule has 1 atom stereocenters. The van der Waals surface area contributed by atoms with Crippen LogP contribution in [0.3, 0.4) is 0 Å². The summed E-state index contributed by atoms with van der Waals surface area (Å²) in [5, 5.41) is 0. The number of hydrogen-bond acceptors (Lipinski definition) is 6. The third kappa shape index (κ3) is 6.50. The molecule has 0 radical (unpaired) electrons. The van der Waals surface area contributed by atoms with E-state index < -0.39 is 0 Å². The molecule has 0 spiro atoms. The van der Waals surface area contributed by atoms with Gasteiger partial charge in [0.25, 0.3) is 0 Å². The van der Waals surface area contributed by atoms with Crippen molar-refractivity contribution in [2.24, 2.45) is 0 Å². The Morgan fingerprint density at radius 3 is 1.81 bits per heavy atom. The minimum Gasteiger partial charge on any atom is -0.497 e. The minimum absolute atomic E-state index is 0.0632. The molecule has 0 N–H and O–H groups in total. The predicted molar refractivity (Wildman–Crippen MR) is 220 cm³/mol. The Morgan fingerprint density at radius 2 is 1.21 bits per heavy atom. The van der Waals surface area contributed by atoms with E-state index in [1.807, 2.05) is 0 Å². The van der Waals surface area contributed by atoms with Crippen LogP contribution in [-0.2, 0) is 9.47 Å². The number of anilines is 6. The maximum atomic E-state index is 6.90. The summed E-state index contributed by atoms with van der Waals surface area (Å²) in [6, 6.07) is 25.9. The van der Waals surface area contributed by atoms with Crippen molar-refractivity contribution in [1.29, 1.82) is 0 Å². The smallest absolute Gasteiger partial charge is 0.126 e. The SMILES string of the molecule is CC(C)OC1=CCCC(OCCC(C)N2c3ccccc3N(C(C)C)c3ccccc32)=C1c1ccc2c(c1)N(C(C)C)C1=C(C=CCC1)N2C(C)C. The zero-order valence-electron chi connectivity index (χ0n) is 32.8. The second-order valence-electron chi connectivity index (χ2n) is 15.8. The van der Waals surface area contributed by atoms with Crippen LogP contribution in [0.25, 0.3) is 5.57 Å². The zero-order valence-corrected chi connectivity index (χ0v) is 32.8. The van der Waals surface area contributed by atoms with Gasteiger partial charge in [-0.1, -0.05) is 36.4 Å². The predicted octanol–water partition coefficient (Wildman–Crippen LogP) is 12.0. The normalized spacial score (nSPS) is 17.5. The third-order valence-electron chi connectivity index (χ3n) is 10.6. The van der Waals surface area contributed by atoms with Crippen LogP contribution in [0.4, 0.5) is 34.1 Å². The molecule has 3 aromatic rings. The first kappa shape index (κ1) is 35.8. The molecule has 6 heteroatoms. The molecule has 7 rings (SSSR count). The highest BCUT2D eigenvalue weighted by Crippen LogP contribution is 2.50. The van der Waals surface area contributed by atoms with Crippen molar-refractivity contribution in [3.8, 4) is 0 Å². The molecule has 0 saturated heterocycles. The molecule has 52 heavy (non-hydrogen) atoms. The van der Waals surface area contributed by atoms with Gasteiger partial charge in [-0.05, 0) is 136 Å². The monoisotopic (exact) mass is 698 g/mol. The molecule has 4 aliphatic rings. The summed E-state index contributed by atoms with van der Waals surface area (Å²) >= 11 is 0. The highest BCUT2D eigenvalue weighted by molar-refractivity contribution is 5.94. The van der Waals surface area contributed by atoms with Crippen LogP contribution < -0.4 is 19.6 Å². The Kier molecular flexibility index (Phi) is 10.2. The third-order valence-corrected chi connectivity index (χ3v) is 10.6. The van der Waals surface area contributed by atoms with Gasteiger partial charge in [-0.3, -0.25) is 0 Å². The first-order valence-electron chi connectivity index (χ1n) is 19.7. The summed E-state index contributed by atoms with van der Waals surface area (Å²) in [6.07, 6.45) is 11.8. The van der Waals surface area contributed by atoms with Crippen LogP contribution >= 0.6 is 0 Å². The molecule has 2 aliphatic heterocycles. The Bertz CT molecular complexity index is 1870. The van der Waals surface area contributed by atoms with Crippen LogP contribution in [0.1, 0.15) is 100.0 Å². The first-order chi connectivity index (χ1) is 25.1. The lowest BCUT2D eigenvalue weighted by atomic mass is 9.92. The van der Waals surface area contributed by atoms with E-state index in [2.05, 4.69) is 167 Å². The number of rotatable bonds is 11. The Balaban J connectivity index is 1.22. The lowest BCUT2D eigenvalue weighted by molar-refractivity contribution is 0.151. The summed E-state index contributed by atoms with van der Waals surface area (Å²) in [5.74, 6) is 1.97. The Morgan fingerprint density at radius 1 is 0.615 bits per heavy atom. The van der Waals surface area contributed by atoms with Crippen molar-refractivity contribution >= 4 is 39.7 Å². The van der Waals surface area contributed by atoms with Gasteiger partial charge in [-0.2, -0.15) is 0 Å². The van der Waals surface area contributed by atoms with Gasteiger partial charge in [-0.25, -0.2) is 0 Å². The molecule has 274 valence electrons. The van der Waals surface area contributed by atoms with Crippen LogP contribution in [0.2, 0.25) is 0 Å². The van der Waals surface area contributed by atoms with Crippen LogP contribution in [-0.4, -0.2) is 36.9 Å². The van der Waals surface area contributed by atoms with Crippen molar-refractivity contribution in [2.45, 2.75) is 125 Å². The van der Waals surface area contributed by atoms with Crippen molar-refractivity contribution in [3.05, 3.63) is 113 Å². The average Bonchev–Trinajstić information content (AvgIpc) is 3.11. The van der Waals surface area contributed by atoms with E-state index in [0.29, 0.717) is 24.7 Å². The van der Waals surface area contributed by atoms with E-state index in [9.17, 15) is 0 Å². The molecule has 1 unspecified atom stereocenters. The summed E-state index contributed by atoms with van der Waals surface area (Å²) in [6.45, 7) is 20.9. The molecule has 0 amide bonds. The first-order valence-corrected chi connectivity index (χ1v) is 19.7. The summed E-state index contributed by atoms with van der Waals surface area (Å²) in [4.78, 5) is 10.1. The highest BCUT2D eigenvalue weighted by atomic mass is 16.5. The van der Waals surface area contributed by atoms with Crippen molar-refractivity contribution < 1.29 is 9.47 Å². The molecule has 0 aromatic heterocycles. The zero-order chi connectivity index (χ0) is 36.7. The average molecular weight is 699 g/mol. The van der Waals surface area contributed by atoms with Gasteiger partial charge < -0.3 is 29.1 Å². The topological polar surface area (TPSA) is 31.4 Å². The van der Waals surface area contributed by atoms with Crippen LogP contribution in [0.5, 0.6) is 0 Å². The minimum atomic E-state index is 0.0632. The molecule has 3 aromatic carbocycles. The van der Waals surface area contributed by atoms with E-state index in [0.717, 1.165) is 54.8 Å². The number of hydrogen-bond donors (Lipinski definition) is 0. The summed E-state index contributed by atoms with van der Waals surface area (Å²) in [7, 11) is 0. The van der Waals surface area contributed by atoms with Crippen molar-refractivity contribution in [1.82, 2.24) is 0 Å². The van der Waals surface area contributed by atoms with E-state index in [-0.39, 0.29) is 12.1 Å². The fourth-order valence-electron chi connectivity index (χ4n) is 8.62. The largest absolute Gasteiger partial charge is 0.497 e. The van der Waals surface area contributed by atoms with Gasteiger partial charge in [-0.15, -0.1) is 0 Å². The maximum Gasteiger partial charge on any atom is 0.126 e. The van der Waals surface area contributed by atoms with Gasteiger partial charge in [0.05, 0.1) is 58.1 Å². The summed E-state index contributed by atoms with van der Waals surface area (Å²) in [5.41, 5.74) is 12.6. The van der Waals surface area contributed by atoms with E-state index >= 15 is 0 Å². The molecule has 2 aliphatic carbocycles. The quantitative estimate of drug-likeness (QED) is 0.198. The van der Waals surface area contributed by atoms with Gasteiger partial charge in [0.1, 0.15) is 11.5 Å². The number of allylic oxidation sites excluding steroid dienone is 6. The van der Waals surface area contributed by atoms with E-state index in [1.165, 1.54) is 45.5 Å². The lowest BCUT2D eigenvalue weighted by Gasteiger charge is -2.46. The number of ether oxygens (including phenoxy) is 2. The lowest BCUT2D eigenvalue weighted by Crippen LogP contribution is -2.42. The van der Waals surface area contributed by atoms with E-state index in [4.69, 9.17) is 9.47 Å².